The van der Waals surface area contributed by atoms with Crippen molar-refractivity contribution in [3.05, 3.63) is 0 Å². The highest BCUT2D eigenvalue weighted by molar-refractivity contribution is 5.79. The van der Waals surface area contributed by atoms with E-state index in [9.17, 15) is 15.0 Å². The Morgan fingerprint density at radius 1 is 1.05 bits per heavy atom. The smallest absolute Gasteiger partial charge is 0.133 e. The van der Waals surface area contributed by atoms with Crippen molar-refractivity contribution in [2.75, 3.05) is 0 Å². The largest absolute Gasteiger partial charge is 0.393 e. The summed E-state index contributed by atoms with van der Waals surface area (Å²) in [6.45, 7) is 4.70. The molecule has 2 N–H and O–H groups in total. The highest BCUT2D eigenvalue weighted by atomic mass is 16.3. The van der Waals surface area contributed by atoms with Crippen molar-refractivity contribution in [1.29, 1.82) is 0 Å². The fraction of sp³-hybridized carbons (Fsp3) is 0.947. The van der Waals surface area contributed by atoms with Crippen LogP contribution in [0.15, 0.2) is 0 Å². The number of carbonyl (C=O) groups excluding carboxylic acids is 1. The molecule has 0 aliphatic heterocycles. The molecule has 4 rings (SSSR count). The Bertz CT molecular complexity index is 489. The molecule has 3 nitrogen and oxygen atoms in total. The van der Waals surface area contributed by atoms with E-state index in [2.05, 4.69) is 13.8 Å². The molecule has 0 saturated heterocycles. The minimum absolute atomic E-state index is 0.130. The zero-order chi connectivity index (χ0) is 15.7. The van der Waals surface area contributed by atoms with Crippen LogP contribution in [0.1, 0.15) is 65.2 Å². The van der Waals surface area contributed by atoms with Crippen molar-refractivity contribution >= 4 is 5.78 Å². The summed E-state index contributed by atoms with van der Waals surface area (Å²) in [4.78, 5) is 11.9. The number of hydrogen-bond donors (Lipinski definition) is 2. The van der Waals surface area contributed by atoms with Crippen molar-refractivity contribution in [2.24, 2.45) is 34.5 Å². The third kappa shape index (κ3) is 1.97. The summed E-state index contributed by atoms with van der Waals surface area (Å²) < 4.78 is 0. The fourth-order valence-corrected chi connectivity index (χ4v) is 7.11. The molecule has 0 aromatic carbocycles. The standard InChI is InChI=1S/C19H30O3/c1-18-5-4-14-13(15(18)8-12(21)10-18)9-17(22)16-7-11(20)3-6-19(14,16)2/h12-17,21-22H,3-10H2,1-2H3. The van der Waals surface area contributed by atoms with Crippen LogP contribution >= 0.6 is 0 Å². The molecule has 4 fully saturated rings. The van der Waals surface area contributed by atoms with E-state index in [1.165, 1.54) is 12.8 Å². The first-order valence-electron chi connectivity index (χ1n) is 9.21. The van der Waals surface area contributed by atoms with Gasteiger partial charge in [0, 0.05) is 12.8 Å². The summed E-state index contributed by atoms with van der Waals surface area (Å²) >= 11 is 0. The van der Waals surface area contributed by atoms with Gasteiger partial charge >= 0.3 is 0 Å². The lowest BCUT2D eigenvalue weighted by Crippen LogP contribution is -2.57. The van der Waals surface area contributed by atoms with E-state index in [-0.39, 0.29) is 29.0 Å². The van der Waals surface area contributed by atoms with Gasteiger partial charge in [-0.2, -0.15) is 0 Å². The Hall–Kier alpha value is -0.410. The van der Waals surface area contributed by atoms with Gasteiger partial charge in [-0.1, -0.05) is 13.8 Å². The van der Waals surface area contributed by atoms with Crippen molar-refractivity contribution < 1.29 is 15.0 Å². The minimum Gasteiger partial charge on any atom is -0.393 e. The summed E-state index contributed by atoms with van der Waals surface area (Å²) in [7, 11) is 0. The maximum absolute atomic E-state index is 11.9. The van der Waals surface area contributed by atoms with E-state index < -0.39 is 0 Å². The van der Waals surface area contributed by atoms with Crippen molar-refractivity contribution in [1.82, 2.24) is 0 Å². The molecule has 0 aromatic heterocycles. The van der Waals surface area contributed by atoms with Crippen molar-refractivity contribution in [3.8, 4) is 0 Å². The lowest BCUT2D eigenvalue weighted by atomic mass is 9.45. The summed E-state index contributed by atoms with van der Waals surface area (Å²) in [5, 5.41) is 21.0. The minimum atomic E-state index is -0.324. The van der Waals surface area contributed by atoms with E-state index >= 15 is 0 Å². The third-order valence-electron chi connectivity index (χ3n) is 8.25. The lowest BCUT2D eigenvalue weighted by molar-refractivity contribution is -0.162. The van der Waals surface area contributed by atoms with Crippen LogP contribution in [-0.2, 0) is 4.79 Å². The van der Waals surface area contributed by atoms with Crippen LogP contribution in [0.3, 0.4) is 0 Å². The van der Waals surface area contributed by atoms with Crippen LogP contribution in [0.2, 0.25) is 0 Å². The molecule has 8 unspecified atom stereocenters. The SMILES string of the molecule is CC12CCC3C(CC(O)C4CC(=O)CCC43C)C1CC(O)C2. The summed E-state index contributed by atoms with van der Waals surface area (Å²) in [6, 6.07) is 0. The van der Waals surface area contributed by atoms with Crippen LogP contribution in [-0.4, -0.2) is 28.2 Å². The Balaban J connectivity index is 1.67. The van der Waals surface area contributed by atoms with E-state index in [0.29, 0.717) is 36.4 Å². The molecule has 8 atom stereocenters. The van der Waals surface area contributed by atoms with Gasteiger partial charge in [-0.15, -0.1) is 0 Å². The Morgan fingerprint density at radius 2 is 1.82 bits per heavy atom. The second kappa shape index (κ2) is 4.80. The topological polar surface area (TPSA) is 57.5 Å². The van der Waals surface area contributed by atoms with Gasteiger partial charge in [-0.05, 0) is 73.0 Å². The molecule has 4 aliphatic carbocycles. The molecular weight excluding hydrogens is 276 g/mol. The summed E-state index contributed by atoms with van der Waals surface area (Å²) in [5.41, 5.74) is 0.402. The number of aliphatic hydroxyl groups is 2. The second-order valence-corrected chi connectivity index (χ2v) is 9.32. The highest BCUT2D eigenvalue weighted by Crippen LogP contribution is 2.65. The maximum atomic E-state index is 11.9. The Labute approximate surface area is 133 Å². The lowest BCUT2D eigenvalue weighted by Gasteiger charge is -2.60. The second-order valence-electron chi connectivity index (χ2n) is 9.32. The van der Waals surface area contributed by atoms with Gasteiger partial charge in [0.05, 0.1) is 12.2 Å². The molecule has 3 heteroatoms. The average Bonchev–Trinajstić information content (AvgIpc) is 2.76. The third-order valence-corrected chi connectivity index (χ3v) is 8.25. The molecule has 0 bridgehead atoms. The molecule has 22 heavy (non-hydrogen) atoms. The van der Waals surface area contributed by atoms with Crippen LogP contribution < -0.4 is 0 Å². The van der Waals surface area contributed by atoms with Gasteiger partial charge in [0.1, 0.15) is 5.78 Å². The number of aliphatic hydroxyl groups excluding tert-OH is 2. The molecule has 0 spiro atoms. The van der Waals surface area contributed by atoms with Crippen LogP contribution in [0.25, 0.3) is 0 Å². The molecule has 0 amide bonds. The highest BCUT2D eigenvalue weighted by Gasteiger charge is 2.61. The predicted octanol–water partition coefficient (Wildman–Crippen LogP) is 2.93. The average molecular weight is 306 g/mol. The zero-order valence-corrected chi connectivity index (χ0v) is 13.9. The van der Waals surface area contributed by atoms with Crippen molar-refractivity contribution in [3.63, 3.8) is 0 Å². The van der Waals surface area contributed by atoms with E-state index in [4.69, 9.17) is 0 Å². The quantitative estimate of drug-likeness (QED) is 0.723. The Morgan fingerprint density at radius 3 is 2.59 bits per heavy atom. The first-order chi connectivity index (χ1) is 10.3. The number of rotatable bonds is 0. The van der Waals surface area contributed by atoms with Crippen molar-refractivity contribution in [2.45, 2.75) is 77.4 Å². The number of carbonyl (C=O) groups is 1. The molecule has 0 aromatic rings. The van der Waals surface area contributed by atoms with Gasteiger partial charge in [-0.25, -0.2) is 0 Å². The maximum Gasteiger partial charge on any atom is 0.133 e. The van der Waals surface area contributed by atoms with Crippen LogP contribution in [0.5, 0.6) is 0 Å². The molecule has 124 valence electrons. The molecule has 0 heterocycles. The van der Waals surface area contributed by atoms with E-state index in [1.807, 2.05) is 0 Å². The van der Waals surface area contributed by atoms with E-state index in [0.717, 1.165) is 25.7 Å². The fourth-order valence-electron chi connectivity index (χ4n) is 7.11. The zero-order valence-electron chi connectivity index (χ0n) is 13.9. The molecule has 4 saturated carbocycles. The number of ketones is 1. The van der Waals surface area contributed by atoms with E-state index in [1.54, 1.807) is 0 Å². The Kier molecular flexibility index (Phi) is 3.30. The number of Topliss-reactive ketones (excluding diaryl/α,β-unsaturated/α-hetero) is 1. The van der Waals surface area contributed by atoms with Gasteiger partial charge in [0.15, 0.2) is 0 Å². The monoisotopic (exact) mass is 306 g/mol. The molecule has 4 aliphatic rings. The summed E-state index contributed by atoms with van der Waals surface area (Å²) in [5.74, 6) is 2.26. The van der Waals surface area contributed by atoms with Crippen LogP contribution in [0.4, 0.5) is 0 Å². The first kappa shape index (κ1) is 15.1. The summed E-state index contributed by atoms with van der Waals surface area (Å²) in [6.07, 6.45) is 6.92. The first-order valence-corrected chi connectivity index (χ1v) is 9.21. The number of hydrogen-bond acceptors (Lipinski definition) is 3. The van der Waals surface area contributed by atoms with Gasteiger partial charge in [-0.3, -0.25) is 4.79 Å². The molecule has 0 radical (unpaired) electrons. The number of fused-ring (bicyclic) bond motifs is 5. The molecular formula is C19H30O3. The predicted molar refractivity (Wildman–Crippen MR) is 84.1 cm³/mol. The van der Waals surface area contributed by atoms with Gasteiger partial charge in [0.25, 0.3) is 0 Å². The normalized spacial score (nSPS) is 57.9. The van der Waals surface area contributed by atoms with Gasteiger partial charge in [0.2, 0.25) is 0 Å². The van der Waals surface area contributed by atoms with Crippen LogP contribution in [0, 0.1) is 34.5 Å². The van der Waals surface area contributed by atoms with Gasteiger partial charge < -0.3 is 10.2 Å².